The number of rotatable bonds is 0. The van der Waals surface area contributed by atoms with E-state index in [4.69, 9.17) is 6.94 Å². The van der Waals surface area contributed by atoms with Crippen LogP contribution < -0.4 is 0 Å². The normalized spacial score (nSPS) is 19.6. The molecule has 0 spiro atoms. The van der Waals surface area contributed by atoms with E-state index in [-0.39, 0.29) is 0 Å². The minimum absolute atomic E-state index is 1.74. The Morgan fingerprint density at radius 1 is 0.571 bits per heavy atom. The molecule has 2 aliphatic rings. The summed E-state index contributed by atoms with van der Waals surface area (Å²) in [6.07, 6.45) is 11.4. The van der Waals surface area contributed by atoms with Crippen molar-refractivity contribution in [2.24, 2.45) is 0 Å². The van der Waals surface area contributed by atoms with Crippen LogP contribution in [0.1, 0.15) is 0 Å². The van der Waals surface area contributed by atoms with E-state index in [1.165, 1.54) is 0 Å². The van der Waals surface area contributed by atoms with Crippen molar-refractivity contribution in [2.45, 2.75) is 0 Å². The van der Waals surface area contributed by atoms with Gasteiger partial charge in [-0.25, -0.2) is 0 Å². The Morgan fingerprint density at radius 3 is 1.14 bits per heavy atom. The first-order valence-electron chi connectivity index (χ1n) is 3.97. The predicted molar refractivity (Wildman–Crippen MR) is 64.6 cm³/mol. The molecular formula is C10H12O2Te2. The third kappa shape index (κ3) is 5.83. The van der Waals surface area contributed by atoms with Gasteiger partial charge in [0.1, 0.15) is 0 Å². The summed E-state index contributed by atoms with van der Waals surface area (Å²) in [5.41, 5.74) is 0. The van der Waals surface area contributed by atoms with Crippen LogP contribution in [0.25, 0.3) is 0 Å². The van der Waals surface area contributed by atoms with E-state index in [0.29, 0.717) is 0 Å². The standard InChI is InChI=1S/2C5H6OTe/c2*6-7-4-2-1-3-5-7/h2*1-6H. The summed E-state index contributed by atoms with van der Waals surface area (Å²) in [5, 5.41) is 0. The molecule has 14 heavy (non-hydrogen) atoms. The SMILES string of the molecule is O[Te]1=CC=CC=C1.O[Te]1=CC=CC=C1. The van der Waals surface area contributed by atoms with Crippen molar-refractivity contribution in [3.05, 3.63) is 44.7 Å². The summed E-state index contributed by atoms with van der Waals surface area (Å²) in [4.78, 5) is 0. The molecule has 2 nitrogen and oxygen atoms in total. The van der Waals surface area contributed by atoms with Gasteiger partial charge in [-0.3, -0.25) is 0 Å². The monoisotopic (exact) mass is 424 g/mol. The first kappa shape index (κ1) is 12.3. The van der Waals surface area contributed by atoms with E-state index >= 15 is 0 Å². The van der Waals surface area contributed by atoms with Crippen LogP contribution in [0.15, 0.2) is 44.7 Å². The number of allylic oxidation sites excluding steroid dienone is 6. The van der Waals surface area contributed by atoms with Crippen molar-refractivity contribution in [3.63, 3.8) is 0 Å². The van der Waals surface area contributed by atoms with Gasteiger partial charge in [0, 0.05) is 0 Å². The molecule has 0 atom stereocenters. The maximum atomic E-state index is 8.89. The van der Waals surface area contributed by atoms with E-state index in [1.54, 1.807) is 0 Å². The van der Waals surface area contributed by atoms with Crippen molar-refractivity contribution < 1.29 is 6.94 Å². The summed E-state index contributed by atoms with van der Waals surface area (Å²) in [7, 11) is 0. The van der Waals surface area contributed by atoms with Gasteiger partial charge < -0.3 is 0 Å². The molecule has 0 aromatic carbocycles. The predicted octanol–water partition coefficient (Wildman–Crippen LogP) is 0.0386. The third-order valence-electron chi connectivity index (χ3n) is 1.32. The molecule has 2 rings (SSSR count). The molecule has 0 fully saturated rings. The summed E-state index contributed by atoms with van der Waals surface area (Å²) in [5.74, 6) is 0. The summed E-state index contributed by atoms with van der Waals surface area (Å²) < 4.78 is 25.3. The van der Waals surface area contributed by atoms with Crippen molar-refractivity contribution in [2.75, 3.05) is 0 Å². The Morgan fingerprint density at radius 2 is 1.00 bits per heavy atom. The molecular weight excluding hydrogens is 407 g/mol. The molecule has 4 heteroatoms. The first-order chi connectivity index (χ1) is 6.79. The Balaban J connectivity index is 0.000000140. The second-order valence-electron chi connectivity index (χ2n) is 2.39. The molecule has 2 N–H and O–H groups in total. The Labute approximate surface area is 97.9 Å². The van der Waals surface area contributed by atoms with Gasteiger partial charge in [-0.15, -0.1) is 0 Å². The van der Waals surface area contributed by atoms with E-state index in [9.17, 15) is 0 Å². The number of hydrogen-bond donors (Lipinski definition) is 2. The fourth-order valence-corrected chi connectivity index (χ4v) is 4.11. The van der Waals surface area contributed by atoms with Gasteiger partial charge in [-0.1, -0.05) is 0 Å². The topological polar surface area (TPSA) is 40.5 Å². The van der Waals surface area contributed by atoms with Gasteiger partial charge in [0.2, 0.25) is 0 Å². The zero-order valence-corrected chi connectivity index (χ0v) is 12.1. The van der Waals surface area contributed by atoms with Gasteiger partial charge in [-0.05, 0) is 0 Å². The average molecular weight is 419 g/mol. The molecule has 0 saturated carbocycles. The van der Waals surface area contributed by atoms with Crippen LogP contribution in [0, 0.1) is 0 Å². The molecule has 0 amide bonds. The summed E-state index contributed by atoms with van der Waals surface area (Å²) >= 11 is -3.48. The zero-order valence-electron chi connectivity index (χ0n) is 7.48. The van der Waals surface area contributed by atoms with Crippen molar-refractivity contribution in [1.82, 2.24) is 0 Å². The Hall–Kier alpha value is 0.199. The van der Waals surface area contributed by atoms with E-state index in [0.717, 1.165) is 0 Å². The number of hydrogen-bond acceptors (Lipinski definition) is 2. The molecule has 0 aromatic heterocycles. The van der Waals surface area contributed by atoms with Crippen LogP contribution in [-0.4, -0.2) is 54.0 Å². The van der Waals surface area contributed by atoms with Crippen LogP contribution >= 0.6 is 0 Å². The molecule has 0 saturated heterocycles. The molecule has 0 aromatic rings. The van der Waals surface area contributed by atoms with Crippen LogP contribution in [0.2, 0.25) is 0 Å². The zero-order chi connectivity index (χ0) is 10.2. The summed E-state index contributed by atoms with van der Waals surface area (Å²) in [6, 6.07) is 0. The van der Waals surface area contributed by atoms with Crippen molar-refractivity contribution in [3.8, 4) is 0 Å². The van der Waals surface area contributed by atoms with E-state index in [2.05, 4.69) is 0 Å². The van der Waals surface area contributed by atoms with Gasteiger partial charge in [0.05, 0.1) is 0 Å². The van der Waals surface area contributed by atoms with Gasteiger partial charge in [0.15, 0.2) is 0 Å². The van der Waals surface area contributed by atoms with Crippen molar-refractivity contribution >= 4 is 47.1 Å². The van der Waals surface area contributed by atoms with Crippen LogP contribution in [0.5, 0.6) is 0 Å². The second kappa shape index (κ2) is 7.49. The quantitative estimate of drug-likeness (QED) is 0.545. The van der Waals surface area contributed by atoms with Crippen LogP contribution in [0.4, 0.5) is 0 Å². The van der Waals surface area contributed by atoms with Crippen LogP contribution in [0.3, 0.4) is 0 Å². The van der Waals surface area contributed by atoms with Gasteiger partial charge in [0.25, 0.3) is 0 Å². The molecule has 0 bridgehead atoms. The third-order valence-corrected chi connectivity index (χ3v) is 6.29. The fourth-order valence-electron chi connectivity index (χ4n) is 0.722. The average Bonchev–Trinajstić information content (AvgIpc) is 2.21. The Kier molecular flexibility index (Phi) is 6.56. The summed E-state index contributed by atoms with van der Waals surface area (Å²) in [6.45, 7) is 0. The van der Waals surface area contributed by atoms with Crippen LogP contribution in [-0.2, 0) is 0 Å². The molecule has 0 unspecified atom stereocenters. The Bertz CT molecular complexity index is 324. The maximum absolute atomic E-state index is 8.89. The second-order valence-corrected chi connectivity index (χ2v) is 9.46. The van der Waals surface area contributed by atoms with Crippen molar-refractivity contribution in [1.29, 1.82) is 0 Å². The minimum atomic E-state index is -1.74. The van der Waals surface area contributed by atoms with Gasteiger partial charge >= 0.3 is 98.7 Å². The molecule has 2 aliphatic heterocycles. The first-order valence-corrected chi connectivity index (χ1v) is 11.4. The van der Waals surface area contributed by atoms with E-state index < -0.39 is 39.0 Å². The molecule has 0 radical (unpaired) electrons. The molecule has 0 aliphatic carbocycles. The molecule has 2 heterocycles. The van der Waals surface area contributed by atoms with Gasteiger partial charge in [-0.2, -0.15) is 0 Å². The van der Waals surface area contributed by atoms with E-state index in [1.807, 2.05) is 52.8 Å². The molecule has 76 valence electrons. The fraction of sp³-hybridized carbons (Fsp3) is 0.